The van der Waals surface area contributed by atoms with Gasteiger partial charge in [0.05, 0.1) is 28.8 Å². The number of thiazole rings is 1. The molecular formula is C15H18N4S. The third-order valence-electron chi connectivity index (χ3n) is 3.34. The van der Waals surface area contributed by atoms with Crippen molar-refractivity contribution in [1.29, 1.82) is 0 Å². The van der Waals surface area contributed by atoms with E-state index in [2.05, 4.69) is 39.8 Å². The van der Waals surface area contributed by atoms with E-state index in [0.29, 0.717) is 0 Å². The van der Waals surface area contributed by atoms with Crippen molar-refractivity contribution in [1.82, 2.24) is 14.5 Å². The van der Waals surface area contributed by atoms with Gasteiger partial charge in [0, 0.05) is 18.7 Å². The predicted molar refractivity (Wildman–Crippen MR) is 82.9 cm³/mol. The van der Waals surface area contributed by atoms with Crippen LogP contribution in [0.4, 0.5) is 0 Å². The monoisotopic (exact) mass is 286 g/mol. The maximum absolute atomic E-state index is 5.96. The van der Waals surface area contributed by atoms with Crippen LogP contribution < -0.4 is 5.73 Å². The molecule has 0 aliphatic heterocycles. The molecule has 0 spiro atoms. The van der Waals surface area contributed by atoms with Gasteiger partial charge >= 0.3 is 0 Å². The molecule has 104 valence electrons. The number of benzene rings is 1. The van der Waals surface area contributed by atoms with E-state index in [1.54, 1.807) is 11.3 Å². The third-order valence-corrected chi connectivity index (χ3v) is 4.36. The standard InChI is InChI=1S/C15H18N4S/c1-2-11(16)7-12-8-19(10-17-12)9-15-18-13-5-3-4-6-14(13)20-15/h3-6,8,10-11H,2,7,9,16H2,1H3. The lowest BCUT2D eigenvalue weighted by Gasteiger charge is -2.04. The van der Waals surface area contributed by atoms with Gasteiger partial charge in [-0.05, 0) is 18.6 Å². The van der Waals surface area contributed by atoms with Gasteiger partial charge in [-0.2, -0.15) is 0 Å². The quantitative estimate of drug-likeness (QED) is 0.784. The maximum atomic E-state index is 5.96. The summed E-state index contributed by atoms with van der Waals surface area (Å²) < 4.78 is 3.31. The number of nitrogens with zero attached hydrogens (tertiary/aromatic N) is 3. The zero-order valence-corrected chi connectivity index (χ0v) is 12.3. The Morgan fingerprint density at radius 3 is 3.00 bits per heavy atom. The smallest absolute Gasteiger partial charge is 0.114 e. The highest BCUT2D eigenvalue weighted by atomic mass is 32.1. The molecule has 0 saturated carbocycles. The first-order chi connectivity index (χ1) is 9.74. The zero-order valence-electron chi connectivity index (χ0n) is 11.5. The van der Waals surface area contributed by atoms with E-state index >= 15 is 0 Å². The van der Waals surface area contributed by atoms with Crippen molar-refractivity contribution >= 4 is 21.6 Å². The van der Waals surface area contributed by atoms with Crippen LogP contribution in [0.1, 0.15) is 24.0 Å². The molecule has 0 amide bonds. The first kappa shape index (κ1) is 13.3. The Hall–Kier alpha value is -1.72. The minimum Gasteiger partial charge on any atom is -0.330 e. The minimum absolute atomic E-state index is 0.195. The highest BCUT2D eigenvalue weighted by molar-refractivity contribution is 7.18. The molecule has 0 radical (unpaired) electrons. The predicted octanol–water partition coefficient (Wildman–Crippen LogP) is 2.82. The second-order valence-electron chi connectivity index (χ2n) is 4.99. The molecule has 1 aromatic carbocycles. The van der Waals surface area contributed by atoms with Gasteiger partial charge in [-0.15, -0.1) is 11.3 Å². The molecule has 3 rings (SSSR count). The highest BCUT2D eigenvalue weighted by Crippen LogP contribution is 2.22. The molecule has 1 atom stereocenters. The topological polar surface area (TPSA) is 56.7 Å². The Morgan fingerprint density at radius 2 is 2.20 bits per heavy atom. The molecular weight excluding hydrogens is 268 g/mol. The molecule has 1 unspecified atom stereocenters. The summed E-state index contributed by atoms with van der Waals surface area (Å²) in [6, 6.07) is 8.42. The van der Waals surface area contributed by atoms with Crippen molar-refractivity contribution in [3.05, 3.63) is 47.5 Å². The summed E-state index contributed by atoms with van der Waals surface area (Å²) in [5.41, 5.74) is 8.08. The van der Waals surface area contributed by atoms with Gasteiger partial charge < -0.3 is 10.3 Å². The first-order valence-electron chi connectivity index (χ1n) is 6.85. The second kappa shape index (κ2) is 5.73. The van der Waals surface area contributed by atoms with Crippen molar-refractivity contribution in [3.8, 4) is 0 Å². The molecule has 0 aliphatic rings. The molecule has 5 heteroatoms. The molecule has 0 bridgehead atoms. The summed E-state index contributed by atoms with van der Waals surface area (Å²) in [5, 5.41) is 1.11. The zero-order chi connectivity index (χ0) is 13.9. The number of hydrogen-bond donors (Lipinski definition) is 1. The Bertz CT molecular complexity index is 668. The number of nitrogens with two attached hydrogens (primary N) is 1. The van der Waals surface area contributed by atoms with Crippen LogP contribution in [0.2, 0.25) is 0 Å². The average molecular weight is 286 g/mol. The summed E-state index contributed by atoms with van der Waals surface area (Å²) in [4.78, 5) is 9.05. The van der Waals surface area contributed by atoms with Gasteiger partial charge in [0.15, 0.2) is 0 Å². The van der Waals surface area contributed by atoms with Crippen molar-refractivity contribution in [3.63, 3.8) is 0 Å². The van der Waals surface area contributed by atoms with E-state index in [4.69, 9.17) is 5.73 Å². The number of rotatable bonds is 5. The van der Waals surface area contributed by atoms with Gasteiger partial charge in [-0.25, -0.2) is 9.97 Å². The Kier molecular flexibility index (Phi) is 3.80. The van der Waals surface area contributed by atoms with Crippen LogP contribution in [0.3, 0.4) is 0 Å². The van der Waals surface area contributed by atoms with Gasteiger partial charge in [-0.3, -0.25) is 0 Å². The molecule has 3 aromatic rings. The van der Waals surface area contributed by atoms with Gasteiger partial charge in [0.2, 0.25) is 0 Å². The van der Waals surface area contributed by atoms with E-state index in [1.807, 2.05) is 18.5 Å². The van der Waals surface area contributed by atoms with Gasteiger partial charge in [0.25, 0.3) is 0 Å². The molecule has 20 heavy (non-hydrogen) atoms. The second-order valence-corrected chi connectivity index (χ2v) is 6.10. The molecule has 4 nitrogen and oxygen atoms in total. The summed E-state index contributed by atoms with van der Waals surface area (Å²) in [7, 11) is 0. The number of aromatic nitrogens is 3. The van der Waals surface area contributed by atoms with E-state index in [0.717, 1.165) is 35.6 Å². The van der Waals surface area contributed by atoms with E-state index in [-0.39, 0.29) is 6.04 Å². The van der Waals surface area contributed by atoms with Gasteiger partial charge in [0.1, 0.15) is 5.01 Å². The van der Waals surface area contributed by atoms with E-state index in [9.17, 15) is 0 Å². The molecule has 0 fully saturated rings. The summed E-state index contributed by atoms with van der Waals surface area (Å²) >= 11 is 1.74. The van der Waals surface area contributed by atoms with Crippen molar-refractivity contribution < 1.29 is 0 Å². The van der Waals surface area contributed by atoms with Crippen LogP contribution in [0, 0.1) is 0 Å². The largest absolute Gasteiger partial charge is 0.330 e. The lowest BCUT2D eigenvalue weighted by atomic mass is 10.1. The van der Waals surface area contributed by atoms with Crippen LogP contribution in [0.5, 0.6) is 0 Å². The molecule has 2 heterocycles. The number of imidazole rings is 1. The van der Waals surface area contributed by atoms with E-state index < -0.39 is 0 Å². The van der Waals surface area contributed by atoms with Crippen molar-refractivity contribution in [2.45, 2.75) is 32.4 Å². The first-order valence-corrected chi connectivity index (χ1v) is 7.67. The van der Waals surface area contributed by atoms with Gasteiger partial charge in [-0.1, -0.05) is 19.1 Å². The lowest BCUT2D eigenvalue weighted by Crippen LogP contribution is -2.21. The van der Waals surface area contributed by atoms with Crippen molar-refractivity contribution in [2.24, 2.45) is 5.73 Å². The lowest BCUT2D eigenvalue weighted by molar-refractivity contribution is 0.638. The highest BCUT2D eigenvalue weighted by Gasteiger charge is 2.07. The van der Waals surface area contributed by atoms with Crippen LogP contribution in [-0.4, -0.2) is 20.6 Å². The Labute approximate surface area is 122 Å². The van der Waals surface area contributed by atoms with E-state index in [1.165, 1.54) is 4.70 Å². The summed E-state index contributed by atoms with van der Waals surface area (Å²) in [5.74, 6) is 0. The normalized spacial score (nSPS) is 12.9. The average Bonchev–Trinajstić information content (AvgIpc) is 3.05. The SMILES string of the molecule is CCC(N)Cc1cn(Cc2nc3ccccc3s2)cn1. The summed E-state index contributed by atoms with van der Waals surface area (Å²) in [6.45, 7) is 2.87. The molecule has 2 aromatic heterocycles. The fourth-order valence-electron chi connectivity index (χ4n) is 2.15. The number of hydrogen-bond acceptors (Lipinski definition) is 4. The molecule has 0 saturated heterocycles. The third kappa shape index (κ3) is 2.89. The van der Waals surface area contributed by atoms with Crippen LogP contribution in [0.15, 0.2) is 36.8 Å². The number of fused-ring (bicyclic) bond motifs is 1. The van der Waals surface area contributed by atoms with Crippen LogP contribution in [0.25, 0.3) is 10.2 Å². The maximum Gasteiger partial charge on any atom is 0.114 e. The Morgan fingerprint density at radius 1 is 1.35 bits per heavy atom. The van der Waals surface area contributed by atoms with Crippen LogP contribution in [-0.2, 0) is 13.0 Å². The summed E-state index contributed by atoms with van der Waals surface area (Å²) in [6.07, 6.45) is 5.75. The number of para-hydroxylation sites is 1. The van der Waals surface area contributed by atoms with Crippen LogP contribution >= 0.6 is 11.3 Å². The molecule has 0 aliphatic carbocycles. The van der Waals surface area contributed by atoms with Crippen molar-refractivity contribution in [2.75, 3.05) is 0 Å². The fourth-order valence-corrected chi connectivity index (χ4v) is 3.13. The Balaban J connectivity index is 1.74. The molecule has 2 N–H and O–H groups in total. The minimum atomic E-state index is 0.195. The fraction of sp³-hybridized carbons (Fsp3) is 0.333.